The molecule has 5 nitrogen and oxygen atoms in total. The van der Waals surface area contributed by atoms with Crippen LogP contribution in [-0.2, 0) is 20.9 Å². The minimum atomic E-state index is -0.709. The van der Waals surface area contributed by atoms with Crippen LogP contribution in [0.2, 0.25) is 0 Å². The quantitative estimate of drug-likeness (QED) is 0.490. The van der Waals surface area contributed by atoms with Gasteiger partial charge in [0.25, 0.3) is 0 Å². The lowest BCUT2D eigenvalue weighted by Gasteiger charge is -2.36. The summed E-state index contributed by atoms with van der Waals surface area (Å²) in [6, 6.07) is 26.3. The van der Waals surface area contributed by atoms with Gasteiger partial charge in [-0.05, 0) is 48.1 Å². The van der Waals surface area contributed by atoms with Crippen molar-refractivity contribution >= 4 is 17.5 Å². The van der Waals surface area contributed by atoms with E-state index in [0.717, 1.165) is 22.4 Å². The highest BCUT2D eigenvalue weighted by Gasteiger charge is 2.44. The van der Waals surface area contributed by atoms with Crippen molar-refractivity contribution in [1.29, 1.82) is 0 Å². The lowest BCUT2D eigenvalue weighted by molar-refractivity contribution is -0.148. The second-order valence-corrected chi connectivity index (χ2v) is 9.19. The van der Waals surface area contributed by atoms with Crippen molar-refractivity contribution in [2.24, 2.45) is 10.9 Å². The van der Waals surface area contributed by atoms with E-state index in [1.807, 2.05) is 67.6 Å². The Hall–Kier alpha value is -3.99. The van der Waals surface area contributed by atoms with E-state index in [0.29, 0.717) is 24.1 Å². The molecule has 1 aliphatic carbocycles. The van der Waals surface area contributed by atoms with Gasteiger partial charge in [0.1, 0.15) is 18.3 Å². The lowest BCUT2D eigenvalue weighted by Crippen LogP contribution is -2.38. The van der Waals surface area contributed by atoms with Gasteiger partial charge in [0.05, 0.1) is 0 Å². The maximum absolute atomic E-state index is 13.6. The highest BCUT2D eigenvalue weighted by atomic mass is 16.5. The summed E-state index contributed by atoms with van der Waals surface area (Å²) < 4.78 is 5.72. The van der Waals surface area contributed by atoms with Crippen LogP contribution in [0.15, 0.2) is 101 Å². The van der Waals surface area contributed by atoms with Crippen molar-refractivity contribution in [2.75, 3.05) is 0 Å². The number of Topliss-reactive ketones (excluding diaryl/α,β-unsaturated/α-hetero) is 1. The fraction of sp³-hybridized carbons (Fsp3) is 0.233. The van der Waals surface area contributed by atoms with Crippen molar-refractivity contribution in [1.82, 2.24) is 0 Å². The predicted molar refractivity (Wildman–Crippen MR) is 134 cm³/mol. The molecule has 3 atom stereocenters. The van der Waals surface area contributed by atoms with Gasteiger partial charge in [-0.1, -0.05) is 72.8 Å². The zero-order valence-corrected chi connectivity index (χ0v) is 19.6. The molecule has 2 aliphatic rings. The molecule has 1 heterocycles. The van der Waals surface area contributed by atoms with E-state index < -0.39 is 17.8 Å². The van der Waals surface area contributed by atoms with Gasteiger partial charge >= 0.3 is 5.97 Å². The van der Waals surface area contributed by atoms with Crippen molar-refractivity contribution in [3.8, 4) is 5.75 Å². The Morgan fingerprint density at radius 2 is 1.57 bits per heavy atom. The van der Waals surface area contributed by atoms with Gasteiger partial charge in [-0.2, -0.15) is 0 Å². The SMILES string of the molecule is CC1=NC2=C(C(=O)C[C@@H](c3ccccc3)C2)[C@@H](c2ccc(O)cc2)C1C(=O)OCc1ccccc1. The zero-order valence-electron chi connectivity index (χ0n) is 19.6. The molecule has 3 aromatic rings. The van der Waals surface area contributed by atoms with Crippen molar-refractivity contribution in [3.63, 3.8) is 0 Å². The average molecular weight is 466 g/mol. The Morgan fingerprint density at radius 1 is 0.914 bits per heavy atom. The number of rotatable bonds is 5. The summed E-state index contributed by atoms with van der Waals surface area (Å²) in [5, 5.41) is 9.84. The summed E-state index contributed by atoms with van der Waals surface area (Å²) >= 11 is 0. The number of phenolic OH excluding ortho intramolecular Hbond substituents is 1. The van der Waals surface area contributed by atoms with Gasteiger partial charge in [0, 0.05) is 29.3 Å². The molecule has 0 bridgehead atoms. The summed E-state index contributed by atoms with van der Waals surface area (Å²) in [4.78, 5) is 31.8. The number of allylic oxidation sites excluding steroid dienone is 2. The van der Waals surface area contributed by atoms with Crippen LogP contribution in [0.4, 0.5) is 0 Å². The van der Waals surface area contributed by atoms with E-state index in [9.17, 15) is 14.7 Å². The van der Waals surface area contributed by atoms with Gasteiger partial charge in [0.15, 0.2) is 5.78 Å². The number of hydrogen-bond donors (Lipinski definition) is 1. The number of carbonyl (C=O) groups excluding carboxylic acids is 2. The summed E-state index contributed by atoms with van der Waals surface area (Å²) in [5.41, 5.74) is 4.78. The molecule has 0 spiro atoms. The number of carbonyl (C=O) groups is 2. The predicted octanol–water partition coefficient (Wildman–Crippen LogP) is 5.71. The molecular weight excluding hydrogens is 438 g/mol. The number of hydrogen-bond acceptors (Lipinski definition) is 5. The second-order valence-electron chi connectivity index (χ2n) is 9.19. The molecular formula is C30H27NO4. The van der Waals surface area contributed by atoms with Crippen molar-refractivity contribution < 1.29 is 19.4 Å². The van der Waals surface area contributed by atoms with Crippen molar-refractivity contribution in [3.05, 3.63) is 113 Å². The molecule has 35 heavy (non-hydrogen) atoms. The number of nitrogens with zero attached hydrogens (tertiary/aromatic N) is 1. The van der Waals surface area contributed by atoms with E-state index >= 15 is 0 Å². The number of phenols is 1. The molecule has 5 heteroatoms. The van der Waals surface area contributed by atoms with Gasteiger partial charge in [0.2, 0.25) is 0 Å². The van der Waals surface area contributed by atoms with E-state index in [-0.39, 0.29) is 24.1 Å². The Bertz CT molecular complexity index is 1290. The Labute approximate surface area is 204 Å². The van der Waals surface area contributed by atoms with E-state index in [1.54, 1.807) is 24.3 Å². The van der Waals surface area contributed by atoms with Crippen LogP contribution < -0.4 is 0 Å². The summed E-state index contributed by atoms with van der Waals surface area (Å²) in [6.45, 7) is 1.99. The molecule has 0 fully saturated rings. The van der Waals surface area contributed by atoms with Crippen LogP contribution >= 0.6 is 0 Å². The molecule has 1 N–H and O–H groups in total. The first-order valence-corrected chi connectivity index (χ1v) is 11.9. The normalized spacial score (nSPS) is 21.8. The molecule has 0 saturated heterocycles. The second kappa shape index (κ2) is 9.71. The monoisotopic (exact) mass is 465 g/mol. The van der Waals surface area contributed by atoms with Crippen LogP contribution in [0.25, 0.3) is 0 Å². The third-order valence-electron chi connectivity index (χ3n) is 6.89. The maximum Gasteiger partial charge on any atom is 0.315 e. The maximum atomic E-state index is 13.6. The zero-order chi connectivity index (χ0) is 24.4. The number of aliphatic imine (C=N–C) groups is 1. The standard InChI is InChI=1S/C30H27NO4/c1-19-27(30(34)35-18-20-8-4-2-5-9-20)28(22-12-14-24(32)15-13-22)29-25(31-19)16-23(17-26(29)33)21-10-6-3-7-11-21/h2-15,23,27-28,32H,16-18H2,1H3/t23-,27?,28-/m0/s1. The van der Waals surface area contributed by atoms with Crippen LogP contribution in [0.1, 0.15) is 48.3 Å². The van der Waals surface area contributed by atoms with Crippen molar-refractivity contribution in [2.45, 2.75) is 38.2 Å². The molecule has 0 saturated carbocycles. The Balaban J connectivity index is 1.51. The third-order valence-corrected chi connectivity index (χ3v) is 6.89. The van der Waals surface area contributed by atoms with Gasteiger partial charge in [-0.3, -0.25) is 14.6 Å². The van der Waals surface area contributed by atoms with Gasteiger partial charge in [-0.25, -0.2) is 0 Å². The highest BCUT2D eigenvalue weighted by molar-refractivity contribution is 6.09. The topological polar surface area (TPSA) is 76.0 Å². The summed E-state index contributed by atoms with van der Waals surface area (Å²) in [5.74, 6) is -1.42. The lowest BCUT2D eigenvalue weighted by atomic mass is 9.69. The number of benzene rings is 3. The largest absolute Gasteiger partial charge is 0.508 e. The molecule has 3 aromatic carbocycles. The minimum Gasteiger partial charge on any atom is -0.508 e. The van der Waals surface area contributed by atoms with Gasteiger partial charge in [-0.15, -0.1) is 0 Å². The number of ether oxygens (including phenoxy) is 1. The highest BCUT2D eigenvalue weighted by Crippen LogP contribution is 2.47. The molecule has 1 unspecified atom stereocenters. The van der Waals surface area contributed by atoms with E-state index in [2.05, 4.69) is 0 Å². The molecule has 176 valence electrons. The first-order valence-electron chi connectivity index (χ1n) is 11.9. The molecule has 0 amide bonds. The molecule has 0 aromatic heterocycles. The molecule has 5 rings (SSSR count). The first kappa shape index (κ1) is 22.8. The minimum absolute atomic E-state index is 0.00953. The van der Waals surface area contributed by atoms with E-state index in [4.69, 9.17) is 9.73 Å². The Kier molecular flexibility index (Phi) is 6.32. The van der Waals surface area contributed by atoms with Crippen LogP contribution in [0.5, 0.6) is 5.75 Å². The van der Waals surface area contributed by atoms with Crippen LogP contribution in [0, 0.1) is 5.92 Å². The first-order chi connectivity index (χ1) is 17.0. The smallest absolute Gasteiger partial charge is 0.315 e. The number of ketones is 1. The van der Waals surface area contributed by atoms with Crippen LogP contribution in [0.3, 0.4) is 0 Å². The molecule has 0 radical (unpaired) electrons. The fourth-order valence-corrected chi connectivity index (χ4v) is 5.19. The number of esters is 1. The summed E-state index contributed by atoms with van der Waals surface area (Å²) in [6.07, 6.45) is 1.01. The third kappa shape index (κ3) is 4.67. The Morgan fingerprint density at radius 3 is 2.26 bits per heavy atom. The van der Waals surface area contributed by atoms with E-state index in [1.165, 1.54) is 0 Å². The molecule has 1 aliphatic heterocycles. The van der Waals surface area contributed by atoms with Crippen LogP contribution in [-0.4, -0.2) is 22.6 Å². The average Bonchev–Trinajstić information content (AvgIpc) is 2.88. The fourth-order valence-electron chi connectivity index (χ4n) is 5.19. The summed E-state index contributed by atoms with van der Waals surface area (Å²) in [7, 11) is 0. The van der Waals surface area contributed by atoms with Gasteiger partial charge < -0.3 is 9.84 Å². The number of aromatic hydroxyl groups is 1.